The van der Waals surface area contributed by atoms with Crippen LogP contribution >= 0.6 is 11.6 Å². The molecule has 1 fully saturated rings. The average Bonchev–Trinajstić information content (AvgIpc) is 2.37. The van der Waals surface area contributed by atoms with Crippen LogP contribution in [0.15, 0.2) is 23.1 Å². The molecule has 1 aliphatic heterocycles. The maximum Gasteiger partial charge on any atom is 0.289 e. The fourth-order valence-electron chi connectivity index (χ4n) is 2.27. The summed E-state index contributed by atoms with van der Waals surface area (Å²) in [6, 6.07) is 3.48. The van der Waals surface area contributed by atoms with E-state index in [0.29, 0.717) is 0 Å². The lowest BCUT2D eigenvalue weighted by atomic mass is 10.3. The lowest BCUT2D eigenvalue weighted by Gasteiger charge is -2.34. The van der Waals surface area contributed by atoms with E-state index in [9.17, 15) is 18.5 Å². The summed E-state index contributed by atoms with van der Waals surface area (Å²) in [6.45, 7) is 3.98. The summed E-state index contributed by atoms with van der Waals surface area (Å²) in [5, 5.41) is 10.8. The Morgan fingerprint density at radius 3 is 2.43 bits per heavy atom. The molecule has 0 aliphatic carbocycles. The van der Waals surface area contributed by atoms with Gasteiger partial charge in [0.25, 0.3) is 5.69 Å². The molecule has 1 saturated heterocycles. The zero-order valence-electron chi connectivity index (χ0n) is 11.5. The van der Waals surface area contributed by atoms with Crippen molar-refractivity contribution in [1.82, 2.24) is 4.31 Å². The minimum absolute atomic E-state index is 0.0948. The first-order valence-electron chi connectivity index (χ1n) is 6.31. The second-order valence-corrected chi connectivity index (χ2v) is 7.29. The molecule has 2 rings (SSSR count). The summed E-state index contributed by atoms with van der Waals surface area (Å²) in [7, 11) is -3.81. The molecule has 116 valence electrons. The lowest BCUT2D eigenvalue weighted by Crippen LogP contribution is -2.48. The second kappa shape index (κ2) is 5.88. The Balaban J connectivity index is 2.40. The van der Waals surface area contributed by atoms with Crippen LogP contribution in [0.3, 0.4) is 0 Å². The fourth-order valence-corrected chi connectivity index (χ4v) is 4.07. The van der Waals surface area contributed by atoms with Gasteiger partial charge in [0.05, 0.1) is 22.0 Å². The van der Waals surface area contributed by atoms with Crippen LogP contribution in [-0.2, 0) is 14.8 Å². The Labute approximate surface area is 127 Å². The number of hydrogen-bond donors (Lipinski definition) is 0. The van der Waals surface area contributed by atoms with Crippen molar-refractivity contribution in [3.05, 3.63) is 33.3 Å². The van der Waals surface area contributed by atoms with Crippen molar-refractivity contribution in [1.29, 1.82) is 0 Å². The zero-order valence-corrected chi connectivity index (χ0v) is 13.1. The van der Waals surface area contributed by atoms with E-state index < -0.39 is 20.6 Å². The summed E-state index contributed by atoms with van der Waals surface area (Å²) < 4.78 is 31.9. The minimum Gasteiger partial charge on any atom is -0.373 e. The highest BCUT2D eigenvalue weighted by Crippen LogP contribution is 2.29. The van der Waals surface area contributed by atoms with Crippen molar-refractivity contribution in [2.24, 2.45) is 0 Å². The first-order valence-corrected chi connectivity index (χ1v) is 8.13. The van der Waals surface area contributed by atoms with Gasteiger partial charge < -0.3 is 4.74 Å². The number of ether oxygens (including phenoxy) is 1. The van der Waals surface area contributed by atoms with E-state index in [1.165, 1.54) is 16.4 Å². The molecule has 0 unspecified atom stereocenters. The normalized spacial score (nSPS) is 24.0. The molecule has 1 aromatic rings. The van der Waals surface area contributed by atoms with Gasteiger partial charge in [0, 0.05) is 19.2 Å². The Kier molecular flexibility index (Phi) is 4.52. The Bertz CT molecular complexity index is 654. The van der Waals surface area contributed by atoms with Crippen molar-refractivity contribution in [2.45, 2.75) is 31.0 Å². The van der Waals surface area contributed by atoms with E-state index in [1.807, 2.05) is 0 Å². The molecule has 7 nitrogen and oxygen atoms in total. The summed E-state index contributed by atoms with van der Waals surface area (Å²) in [5.74, 6) is 0. The number of halogens is 1. The van der Waals surface area contributed by atoms with E-state index in [1.54, 1.807) is 13.8 Å². The number of nitro benzene ring substituents is 1. The summed E-state index contributed by atoms with van der Waals surface area (Å²) in [4.78, 5) is 10.0. The highest BCUT2D eigenvalue weighted by Gasteiger charge is 2.33. The Morgan fingerprint density at radius 1 is 1.33 bits per heavy atom. The number of morpholine rings is 1. The van der Waals surface area contributed by atoms with Crippen LogP contribution in [0.2, 0.25) is 5.02 Å². The standard InChI is InChI=1S/C12H15ClN2O5S/c1-8-6-14(7-9(2)20-8)21(18,19)10-3-4-11(13)12(5-10)15(16)17/h3-5,8-9H,6-7H2,1-2H3/t8-,9-/m1/s1. The summed E-state index contributed by atoms with van der Waals surface area (Å²) in [6.07, 6.45) is -0.461. The zero-order chi connectivity index (χ0) is 15.8. The minimum atomic E-state index is -3.81. The number of benzene rings is 1. The number of nitrogens with zero attached hydrogens (tertiary/aromatic N) is 2. The van der Waals surface area contributed by atoms with Crippen LogP contribution < -0.4 is 0 Å². The van der Waals surface area contributed by atoms with Gasteiger partial charge in [-0.25, -0.2) is 8.42 Å². The highest BCUT2D eigenvalue weighted by atomic mass is 35.5. The predicted octanol–water partition coefficient (Wildman–Crippen LogP) is 2.05. The van der Waals surface area contributed by atoms with Crippen molar-refractivity contribution < 1.29 is 18.1 Å². The summed E-state index contributed by atoms with van der Waals surface area (Å²) in [5.41, 5.74) is -0.424. The smallest absolute Gasteiger partial charge is 0.289 e. The van der Waals surface area contributed by atoms with E-state index in [-0.39, 0.29) is 35.2 Å². The molecule has 0 saturated carbocycles. The van der Waals surface area contributed by atoms with Gasteiger partial charge in [-0.2, -0.15) is 4.31 Å². The molecule has 2 atom stereocenters. The molecule has 0 spiro atoms. The maximum absolute atomic E-state index is 12.6. The quantitative estimate of drug-likeness (QED) is 0.623. The van der Waals surface area contributed by atoms with Crippen LogP contribution in [-0.4, -0.2) is 42.9 Å². The van der Waals surface area contributed by atoms with Crippen LogP contribution in [0.5, 0.6) is 0 Å². The predicted molar refractivity (Wildman–Crippen MR) is 76.9 cm³/mol. The first kappa shape index (κ1) is 16.2. The van der Waals surface area contributed by atoms with E-state index >= 15 is 0 Å². The first-order chi connectivity index (χ1) is 9.71. The number of hydrogen-bond acceptors (Lipinski definition) is 5. The van der Waals surface area contributed by atoms with Crippen LogP contribution in [0.1, 0.15) is 13.8 Å². The van der Waals surface area contributed by atoms with Crippen LogP contribution in [0, 0.1) is 10.1 Å². The molecule has 0 aromatic heterocycles. The molecule has 0 N–H and O–H groups in total. The van der Waals surface area contributed by atoms with Gasteiger partial charge in [0.1, 0.15) is 5.02 Å². The Hall–Kier alpha value is -1.22. The molecule has 0 bridgehead atoms. The molecule has 21 heavy (non-hydrogen) atoms. The lowest BCUT2D eigenvalue weighted by molar-refractivity contribution is -0.384. The topological polar surface area (TPSA) is 89.8 Å². The summed E-state index contributed by atoms with van der Waals surface area (Å²) >= 11 is 5.70. The molecule has 9 heteroatoms. The third kappa shape index (κ3) is 3.34. The maximum atomic E-state index is 12.6. The van der Waals surface area contributed by atoms with E-state index in [4.69, 9.17) is 16.3 Å². The van der Waals surface area contributed by atoms with Gasteiger partial charge in [0.15, 0.2) is 0 Å². The molecule has 0 radical (unpaired) electrons. The van der Waals surface area contributed by atoms with Gasteiger partial charge >= 0.3 is 0 Å². The average molecular weight is 335 g/mol. The molecule has 0 amide bonds. The van der Waals surface area contributed by atoms with Crippen molar-refractivity contribution >= 4 is 27.3 Å². The SMILES string of the molecule is C[C@@H]1CN(S(=O)(=O)c2ccc(Cl)c([N+](=O)[O-])c2)C[C@@H](C)O1. The van der Waals surface area contributed by atoms with Crippen LogP contribution in [0.4, 0.5) is 5.69 Å². The molecular weight excluding hydrogens is 320 g/mol. The van der Waals surface area contributed by atoms with Crippen LogP contribution in [0.25, 0.3) is 0 Å². The largest absolute Gasteiger partial charge is 0.373 e. The molecule has 1 heterocycles. The molecule has 1 aromatic carbocycles. The number of sulfonamides is 1. The Morgan fingerprint density at radius 2 is 1.90 bits per heavy atom. The van der Waals surface area contributed by atoms with E-state index in [0.717, 1.165) is 6.07 Å². The van der Waals surface area contributed by atoms with Gasteiger partial charge in [0.2, 0.25) is 10.0 Å². The van der Waals surface area contributed by atoms with Gasteiger partial charge in [-0.1, -0.05) is 11.6 Å². The van der Waals surface area contributed by atoms with Gasteiger partial charge in [-0.3, -0.25) is 10.1 Å². The van der Waals surface area contributed by atoms with Gasteiger partial charge in [-0.15, -0.1) is 0 Å². The monoisotopic (exact) mass is 334 g/mol. The third-order valence-corrected chi connectivity index (χ3v) is 5.29. The number of rotatable bonds is 3. The third-order valence-electron chi connectivity index (χ3n) is 3.14. The van der Waals surface area contributed by atoms with Gasteiger partial charge in [-0.05, 0) is 26.0 Å². The van der Waals surface area contributed by atoms with Crippen molar-refractivity contribution in [3.8, 4) is 0 Å². The fraction of sp³-hybridized carbons (Fsp3) is 0.500. The number of nitro groups is 1. The molecule has 1 aliphatic rings. The van der Waals surface area contributed by atoms with Crippen molar-refractivity contribution in [2.75, 3.05) is 13.1 Å². The second-order valence-electron chi connectivity index (χ2n) is 4.95. The molecular formula is C12H15ClN2O5S. The van der Waals surface area contributed by atoms with E-state index in [2.05, 4.69) is 0 Å². The van der Waals surface area contributed by atoms with Crippen molar-refractivity contribution in [3.63, 3.8) is 0 Å². The highest BCUT2D eigenvalue weighted by molar-refractivity contribution is 7.89.